The van der Waals surface area contributed by atoms with Crippen molar-refractivity contribution in [3.05, 3.63) is 16.1 Å². The van der Waals surface area contributed by atoms with E-state index in [9.17, 15) is 13.2 Å². The smallest absolute Gasteiger partial charge is 0.266 e. The maximum atomic E-state index is 11.2. The van der Waals surface area contributed by atoms with Gasteiger partial charge in [0.15, 0.2) is 0 Å². The molecule has 0 atom stereocenters. The number of carbonyl (C=O) groups is 1. The minimum Gasteiger partial charge on any atom is -0.266 e. The van der Waals surface area contributed by atoms with Gasteiger partial charge in [0.1, 0.15) is 5.69 Å². The number of hydrogen-bond acceptors (Lipinski definition) is 5. The lowest BCUT2D eigenvalue weighted by atomic mass is 10.4. The predicted molar refractivity (Wildman–Crippen MR) is 49.2 cm³/mol. The average molecular weight is 220 g/mol. The normalized spacial score (nSPS) is 11.2. The molecule has 1 N–H and O–H groups in total. The molecular formula is C6H8N2O3S2. The van der Waals surface area contributed by atoms with Gasteiger partial charge in [-0.15, -0.1) is 11.3 Å². The van der Waals surface area contributed by atoms with Crippen molar-refractivity contribution in [2.45, 2.75) is 6.92 Å². The zero-order valence-corrected chi connectivity index (χ0v) is 8.70. The second-order valence-electron chi connectivity index (χ2n) is 2.46. The minimum absolute atomic E-state index is 0.162. The first-order valence-corrected chi connectivity index (χ1v) is 6.09. The summed E-state index contributed by atoms with van der Waals surface area (Å²) in [6.07, 6.45) is 0.923. The molecule has 1 amide bonds. The fourth-order valence-electron chi connectivity index (χ4n) is 0.740. The number of aromatic nitrogens is 1. The third kappa shape index (κ3) is 2.78. The minimum atomic E-state index is -3.50. The first-order chi connectivity index (χ1) is 5.90. The molecule has 13 heavy (non-hydrogen) atoms. The van der Waals surface area contributed by atoms with Gasteiger partial charge in [-0.25, -0.2) is 18.1 Å². The molecular weight excluding hydrogens is 212 g/mol. The van der Waals surface area contributed by atoms with Gasteiger partial charge in [0.2, 0.25) is 10.0 Å². The lowest BCUT2D eigenvalue weighted by molar-refractivity contribution is 0.0977. The standard InChI is InChI=1S/C6H8N2O3S2/c1-4-5(7-3-12-4)6(9)8-13(2,10)11/h3H,1-2H3,(H,8,9). The molecule has 0 saturated heterocycles. The summed E-state index contributed by atoms with van der Waals surface area (Å²) < 4.78 is 23.2. The van der Waals surface area contributed by atoms with E-state index in [4.69, 9.17) is 0 Å². The fraction of sp³-hybridized carbons (Fsp3) is 0.333. The lowest BCUT2D eigenvalue weighted by Crippen LogP contribution is -2.29. The van der Waals surface area contributed by atoms with E-state index in [0.717, 1.165) is 6.26 Å². The number of nitrogens with zero attached hydrogens (tertiary/aromatic N) is 1. The fourth-order valence-corrected chi connectivity index (χ4v) is 1.75. The van der Waals surface area contributed by atoms with Crippen LogP contribution in [0.3, 0.4) is 0 Å². The van der Waals surface area contributed by atoms with Gasteiger partial charge in [-0.3, -0.25) is 4.79 Å². The Bertz CT molecular complexity index is 421. The van der Waals surface area contributed by atoms with Crippen LogP contribution in [0.25, 0.3) is 0 Å². The first kappa shape index (κ1) is 10.1. The highest BCUT2D eigenvalue weighted by Crippen LogP contribution is 2.10. The van der Waals surface area contributed by atoms with Crippen LogP contribution in [0.2, 0.25) is 0 Å². The highest BCUT2D eigenvalue weighted by Gasteiger charge is 2.15. The van der Waals surface area contributed by atoms with Crippen LogP contribution in [0.5, 0.6) is 0 Å². The number of nitrogens with one attached hydrogen (secondary N) is 1. The van der Waals surface area contributed by atoms with Gasteiger partial charge in [-0.2, -0.15) is 0 Å². The molecule has 0 aromatic carbocycles. The molecule has 0 aliphatic rings. The summed E-state index contributed by atoms with van der Waals surface area (Å²) in [6, 6.07) is 0. The zero-order valence-electron chi connectivity index (χ0n) is 7.07. The van der Waals surface area contributed by atoms with E-state index in [1.165, 1.54) is 16.8 Å². The van der Waals surface area contributed by atoms with Gasteiger partial charge in [-0.05, 0) is 6.92 Å². The van der Waals surface area contributed by atoms with Crippen molar-refractivity contribution in [2.24, 2.45) is 0 Å². The van der Waals surface area contributed by atoms with Gasteiger partial charge in [0.05, 0.1) is 11.8 Å². The topological polar surface area (TPSA) is 76.1 Å². The summed E-state index contributed by atoms with van der Waals surface area (Å²) >= 11 is 1.29. The van der Waals surface area contributed by atoms with Crippen LogP contribution in [0.1, 0.15) is 15.4 Å². The number of carbonyl (C=O) groups excluding carboxylic acids is 1. The van der Waals surface area contributed by atoms with E-state index in [1.807, 2.05) is 4.72 Å². The van der Waals surface area contributed by atoms with Gasteiger partial charge in [0, 0.05) is 4.88 Å². The largest absolute Gasteiger partial charge is 0.284 e. The lowest BCUT2D eigenvalue weighted by Gasteiger charge is -1.99. The van der Waals surface area contributed by atoms with Crippen LogP contribution in [0.4, 0.5) is 0 Å². The van der Waals surface area contributed by atoms with Crippen LogP contribution in [0, 0.1) is 6.92 Å². The summed E-state index contributed by atoms with van der Waals surface area (Å²) in [6.45, 7) is 1.70. The van der Waals surface area contributed by atoms with Crippen molar-refractivity contribution in [1.82, 2.24) is 9.71 Å². The molecule has 0 spiro atoms. The summed E-state index contributed by atoms with van der Waals surface area (Å²) in [7, 11) is -3.50. The number of aryl methyl sites for hydroxylation is 1. The summed E-state index contributed by atoms with van der Waals surface area (Å²) in [5.74, 6) is -0.679. The molecule has 0 aliphatic heterocycles. The second-order valence-corrected chi connectivity index (χ2v) is 5.27. The highest BCUT2D eigenvalue weighted by molar-refractivity contribution is 7.89. The maximum absolute atomic E-state index is 11.2. The summed E-state index contributed by atoms with van der Waals surface area (Å²) in [5.41, 5.74) is 1.66. The number of thiazole rings is 1. The van der Waals surface area contributed by atoms with Crippen LogP contribution < -0.4 is 4.72 Å². The zero-order chi connectivity index (χ0) is 10.1. The third-order valence-electron chi connectivity index (χ3n) is 1.24. The van der Waals surface area contributed by atoms with Gasteiger partial charge in [0.25, 0.3) is 5.91 Å². The average Bonchev–Trinajstić information content (AvgIpc) is 2.30. The summed E-state index contributed by atoms with van der Waals surface area (Å²) in [4.78, 5) is 15.6. The molecule has 0 saturated carbocycles. The van der Waals surface area contributed by atoms with Crippen LogP contribution >= 0.6 is 11.3 Å². The summed E-state index contributed by atoms with van der Waals surface area (Å²) in [5, 5.41) is 0. The van der Waals surface area contributed by atoms with E-state index in [1.54, 1.807) is 6.92 Å². The first-order valence-electron chi connectivity index (χ1n) is 3.32. The van der Waals surface area contributed by atoms with Crippen molar-refractivity contribution in [3.63, 3.8) is 0 Å². The molecule has 0 bridgehead atoms. The Morgan fingerprint density at radius 3 is 2.62 bits per heavy atom. The molecule has 0 radical (unpaired) electrons. The third-order valence-corrected chi connectivity index (χ3v) is 2.55. The van der Waals surface area contributed by atoms with Crippen LogP contribution in [0.15, 0.2) is 5.51 Å². The Labute approximate surface area is 79.9 Å². The van der Waals surface area contributed by atoms with Crippen LogP contribution in [-0.4, -0.2) is 25.6 Å². The Kier molecular flexibility index (Phi) is 2.67. The van der Waals surface area contributed by atoms with Crippen molar-refractivity contribution >= 4 is 27.3 Å². The Morgan fingerprint density at radius 2 is 2.23 bits per heavy atom. The highest BCUT2D eigenvalue weighted by atomic mass is 32.2. The molecule has 1 heterocycles. The number of rotatable bonds is 2. The van der Waals surface area contributed by atoms with E-state index in [-0.39, 0.29) is 5.69 Å². The van der Waals surface area contributed by atoms with E-state index in [0.29, 0.717) is 4.88 Å². The second kappa shape index (κ2) is 3.43. The monoisotopic (exact) mass is 220 g/mol. The molecule has 1 rings (SSSR count). The Hall–Kier alpha value is -0.950. The molecule has 72 valence electrons. The predicted octanol–water partition coefficient (Wildman–Crippen LogP) is 0.141. The van der Waals surface area contributed by atoms with E-state index in [2.05, 4.69) is 4.98 Å². The Balaban J connectivity index is 2.88. The van der Waals surface area contributed by atoms with Crippen LogP contribution in [-0.2, 0) is 10.0 Å². The SMILES string of the molecule is Cc1scnc1C(=O)NS(C)(=O)=O. The maximum Gasteiger partial charge on any atom is 0.284 e. The van der Waals surface area contributed by atoms with E-state index < -0.39 is 15.9 Å². The number of sulfonamides is 1. The number of hydrogen-bond donors (Lipinski definition) is 1. The van der Waals surface area contributed by atoms with Gasteiger partial charge < -0.3 is 0 Å². The van der Waals surface area contributed by atoms with Crippen molar-refractivity contribution in [3.8, 4) is 0 Å². The Morgan fingerprint density at radius 1 is 1.62 bits per heavy atom. The van der Waals surface area contributed by atoms with Gasteiger partial charge >= 0.3 is 0 Å². The molecule has 7 heteroatoms. The van der Waals surface area contributed by atoms with Crippen molar-refractivity contribution in [2.75, 3.05) is 6.26 Å². The molecule has 0 aliphatic carbocycles. The molecule has 5 nitrogen and oxygen atoms in total. The molecule has 1 aromatic heterocycles. The van der Waals surface area contributed by atoms with Gasteiger partial charge in [-0.1, -0.05) is 0 Å². The molecule has 0 fully saturated rings. The van der Waals surface area contributed by atoms with Crippen molar-refractivity contribution < 1.29 is 13.2 Å². The quantitative estimate of drug-likeness (QED) is 0.769. The van der Waals surface area contributed by atoms with Crippen molar-refractivity contribution in [1.29, 1.82) is 0 Å². The molecule has 1 aromatic rings. The number of amides is 1. The molecule has 0 unspecified atom stereocenters. The van der Waals surface area contributed by atoms with E-state index >= 15 is 0 Å².